The number of ether oxygens (including phenoxy) is 1. The van der Waals surface area contributed by atoms with Gasteiger partial charge >= 0.3 is 12.1 Å². The van der Waals surface area contributed by atoms with E-state index in [1.807, 2.05) is 6.07 Å². The van der Waals surface area contributed by atoms with Gasteiger partial charge in [-0.05, 0) is 61.7 Å². The van der Waals surface area contributed by atoms with E-state index in [1.165, 1.54) is 12.1 Å². The van der Waals surface area contributed by atoms with Crippen molar-refractivity contribution in [1.29, 1.82) is 0 Å². The maximum atomic E-state index is 13.4. The van der Waals surface area contributed by atoms with Crippen LogP contribution in [0.25, 0.3) is 17.0 Å². The molecule has 2 N–H and O–H groups in total. The molecule has 158 valence electrons. The van der Waals surface area contributed by atoms with Crippen molar-refractivity contribution in [3.05, 3.63) is 70.4 Å². The highest BCUT2D eigenvalue weighted by Crippen LogP contribution is 2.34. The molecule has 0 aliphatic rings. The molecule has 0 aliphatic heterocycles. The van der Waals surface area contributed by atoms with Gasteiger partial charge in [-0.15, -0.1) is 0 Å². The van der Waals surface area contributed by atoms with Gasteiger partial charge in [0, 0.05) is 16.6 Å². The normalized spacial score (nSPS) is 11.5. The highest BCUT2D eigenvalue weighted by Gasteiger charge is 2.33. The Morgan fingerprint density at radius 1 is 1.13 bits per heavy atom. The number of carboxylic acids is 1. The van der Waals surface area contributed by atoms with Gasteiger partial charge < -0.3 is 14.8 Å². The number of alkyl halides is 3. The second kappa shape index (κ2) is 8.65. The topological polar surface area (TPSA) is 62.3 Å². The molecule has 1 aromatic heterocycles. The van der Waals surface area contributed by atoms with Crippen molar-refractivity contribution in [1.82, 2.24) is 4.98 Å². The SMILES string of the molecule is CC(C)=Cc1ccc(COc2ccc3[nH]c(CCC(=O)O)cc3c2)cc1C(F)(F)F. The lowest BCUT2D eigenvalue weighted by molar-refractivity contribution is -0.138. The second-order valence-corrected chi connectivity index (χ2v) is 7.37. The number of fused-ring (bicyclic) bond motifs is 1. The van der Waals surface area contributed by atoms with Gasteiger partial charge in [-0.1, -0.05) is 23.8 Å². The summed E-state index contributed by atoms with van der Waals surface area (Å²) in [6.07, 6.45) is -2.53. The van der Waals surface area contributed by atoms with Crippen LogP contribution in [-0.4, -0.2) is 16.1 Å². The monoisotopic (exact) mass is 417 g/mol. The highest BCUT2D eigenvalue weighted by molar-refractivity contribution is 5.82. The van der Waals surface area contributed by atoms with E-state index in [2.05, 4.69) is 4.98 Å². The van der Waals surface area contributed by atoms with Crippen LogP contribution in [0.5, 0.6) is 5.75 Å². The van der Waals surface area contributed by atoms with Crippen molar-refractivity contribution in [2.24, 2.45) is 0 Å². The molecule has 2 aromatic carbocycles. The minimum atomic E-state index is -4.45. The number of benzene rings is 2. The quantitative estimate of drug-likeness (QED) is 0.481. The maximum Gasteiger partial charge on any atom is 0.416 e. The van der Waals surface area contributed by atoms with E-state index >= 15 is 0 Å². The van der Waals surface area contributed by atoms with Crippen molar-refractivity contribution in [3.8, 4) is 5.75 Å². The van der Waals surface area contributed by atoms with Crippen LogP contribution < -0.4 is 4.74 Å². The molecule has 0 amide bonds. The fraction of sp³-hybridized carbons (Fsp3) is 0.261. The van der Waals surface area contributed by atoms with Crippen LogP contribution in [0.4, 0.5) is 13.2 Å². The van der Waals surface area contributed by atoms with Crippen molar-refractivity contribution in [2.45, 2.75) is 39.5 Å². The fourth-order valence-electron chi connectivity index (χ4n) is 3.18. The summed E-state index contributed by atoms with van der Waals surface area (Å²) in [7, 11) is 0. The standard InChI is InChI=1S/C23H22F3NO3/c1-14(2)9-16-4-3-15(10-20(16)23(24,25)26)13-30-19-6-7-21-17(12-19)11-18(27-21)5-8-22(28)29/h3-4,6-7,9-12,27H,5,8,13H2,1-2H3,(H,28,29). The number of aryl methyl sites for hydroxylation is 1. The van der Waals surface area contributed by atoms with E-state index in [-0.39, 0.29) is 18.6 Å². The van der Waals surface area contributed by atoms with Gasteiger partial charge in [-0.25, -0.2) is 0 Å². The molecule has 0 fully saturated rings. The third-order valence-electron chi connectivity index (χ3n) is 4.53. The molecule has 30 heavy (non-hydrogen) atoms. The van der Waals surface area contributed by atoms with E-state index in [9.17, 15) is 18.0 Å². The molecule has 1 heterocycles. The molecule has 0 atom stereocenters. The first-order valence-corrected chi connectivity index (χ1v) is 9.43. The van der Waals surface area contributed by atoms with E-state index in [1.54, 1.807) is 38.1 Å². The van der Waals surface area contributed by atoms with Crippen LogP contribution in [0.3, 0.4) is 0 Å². The lowest BCUT2D eigenvalue weighted by Gasteiger charge is -2.13. The average Bonchev–Trinajstić information content (AvgIpc) is 3.06. The minimum absolute atomic E-state index is 0.0000175. The Morgan fingerprint density at radius 2 is 1.90 bits per heavy atom. The largest absolute Gasteiger partial charge is 0.489 e. The van der Waals surface area contributed by atoms with E-state index in [0.29, 0.717) is 17.7 Å². The minimum Gasteiger partial charge on any atom is -0.489 e. The molecule has 0 saturated carbocycles. The smallest absolute Gasteiger partial charge is 0.416 e. The van der Waals surface area contributed by atoms with Crippen molar-refractivity contribution in [2.75, 3.05) is 0 Å². The summed E-state index contributed by atoms with van der Waals surface area (Å²) in [4.78, 5) is 13.9. The Bertz CT molecular complexity index is 1090. The predicted octanol–water partition coefficient (Wildman–Crippen LogP) is 6.21. The molecule has 0 spiro atoms. The Hall–Kier alpha value is -3.22. The Labute approximate surface area is 172 Å². The van der Waals surface area contributed by atoms with Crippen LogP contribution in [0.1, 0.15) is 42.7 Å². The van der Waals surface area contributed by atoms with Gasteiger partial charge in [-0.2, -0.15) is 13.2 Å². The van der Waals surface area contributed by atoms with Crippen molar-refractivity contribution in [3.63, 3.8) is 0 Å². The van der Waals surface area contributed by atoms with Gasteiger partial charge in [0.15, 0.2) is 0 Å². The first-order chi connectivity index (χ1) is 14.1. The summed E-state index contributed by atoms with van der Waals surface area (Å²) in [6, 6.07) is 11.4. The molecule has 3 aromatic rings. The fourth-order valence-corrected chi connectivity index (χ4v) is 3.18. The summed E-state index contributed by atoms with van der Waals surface area (Å²) >= 11 is 0. The number of aliphatic carboxylic acids is 1. The summed E-state index contributed by atoms with van der Waals surface area (Å²) in [5.41, 5.74) is 2.29. The average molecular weight is 417 g/mol. The number of halogens is 3. The van der Waals surface area contributed by atoms with E-state index in [0.717, 1.165) is 28.2 Å². The first kappa shape index (κ1) is 21.5. The number of nitrogens with one attached hydrogen (secondary N) is 1. The van der Waals surface area contributed by atoms with Crippen LogP contribution in [0.15, 0.2) is 48.0 Å². The van der Waals surface area contributed by atoms with E-state index in [4.69, 9.17) is 9.84 Å². The van der Waals surface area contributed by atoms with Gasteiger partial charge in [0.1, 0.15) is 12.4 Å². The summed E-state index contributed by atoms with van der Waals surface area (Å²) in [6.45, 7) is 3.50. The van der Waals surface area contributed by atoms with Crippen LogP contribution in [-0.2, 0) is 24.0 Å². The Balaban J connectivity index is 1.76. The highest BCUT2D eigenvalue weighted by atomic mass is 19.4. The predicted molar refractivity (Wildman–Crippen MR) is 109 cm³/mol. The molecule has 0 unspecified atom stereocenters. The van der Waals surface area contributed by atoms with Crippen LogP contribution in [0.2, 0.25) is 0 Å². The van der Waals surface area contributed by atoms with Crippen LogP contribution in [0, 0.1) is 0 Å². The number of aromatic amines is 1. The number of carboxylic acid groups (broad SMARTS) is 1. The molecule has 0 radical (unpaired) electrons. The third kappa shape index (κ3) is 5.43. The summed E-state index contributed by atoms with van der Waals surface area (Å²) < 4.78 is 46.0. The number of rotatable bonds is 7. The molecular weight excluding hydrogens is 395 g/mol. The van der Waals surface area contributed by atoms with E-state index < -0.39 is 17.7 Å². The lowest BCUT2D eigenvalue weighted by Crippen LogP contribution is -2.09. The van der Waals surface area contributed by atoms with Gasteiger partial charge in [-0.3, -0.25) is 4.79 Å². The zero-order chi connectivity index (χ0) is 21.9. The van der Waals surface area contributed by atoms with Crippen molar-refractivity contribution < 1.29 is 27.8 Å². The van der Waals surface area contributed by atoms with Gasteiger partial charge in [0.25, 0.3) is 0 Å². The molecule has 4 nitrogen and oxygen atoms in total. The number of hydrogen-bond acceptors (Lipinski definition) is 2. The third-order valence-corrected chi connectivity index (χ3v) is 4.53. The molecule has 0 aliphatic carbocycles. The van der Waals surface area contributed by atoms with Crippen molar-refractivity contribution >= 4 is 22.9 Å². The second-order valence-electron chi connectivity index (χ2n) is 7.37. The van der Waals surface area contributed by atoms with Crippen LogP contribution >= 0.6 is 0 Å². The summed E-state index contributed by atoms with van der Waals surface area (Å²) in [5, 5.41) is 9.64. The lowest BCUT2D eigenvalue weighted by atomic mass is 10.0. The number of H-pyrrole nitrogens is 1. The van der Waals surface area contributed by atoms with Gasteiger partial charge in [0.2, 0.25) is 0 Å². The Kier molecular flexibility index (Phi) is 6.20. The summed E-state index contributed by atoms with van der Waals surface area (Å²) in [5.74, 6) is -0.347. The number of carbonyl (C=O) groups is 1. The zero-order valence-corrected chi connectivity index (χ0v) is 16.6. The molecular formula is C23H22F3NO3. The zero-order valence-electron chi connectivity index (χ0n) is 16.6. The number of aromatic nitrogens is 1. The van der Waals surface area contributed by atoms with Gasteiger partial charge in [0.05, 0.1) is 12.0 Å². The molecule has 0 bridgehead atoms. The molecule has 7 heteroatoms. The Morgan fingerprint density at radius 3 is 2.57 bits per heavy atom. The number of hydrogen-bond donors (Lipinski definition) is 2. The first-order valence-electron chi connectivity index (χ1n) is 9.43. The molecule has 3 rings (SSSR count). The number of allylic oxidation sites excluding steroid dienone is 1. The maximum absolute atomic E-state index is 13.4. The molecule has 0 saturated heterocycles.